The van der Waals surface area contributed by atoms with Crippen LogP contribution in [0.4, 0.5) is 11.4 Å². The lowest BCUT2D eigenvalue weighted by Crippen LogP contribution is -1.88. The highest BCUT2D eigenvalue weighted by molar-refractivity contribution is 5.83. The first-order valence-electron chi connectivity index (χ1n) is 5.06. The highest BCUT2D eigenvalue weighted by Gasteiger charge is 2.00. The second-order valence-electron chi connectivity index (χ2n) is 3.50. The molecule has 0 saturated heterocycles. The number of aryl methyl sites for hydroxylation is 1. The number of hydrogen-bond acceptors (Lipinski definition) is 2. The monoisotopic (exact) mass is 203 g/mol. The summed E-state index contributed by atoms with van der Waals surface area (Å²) in [5, 5.41) is 0. The van der Waals surface area contributed by atoms with Gasteiger partial charge in [0.05, 0.1) is 17.7 Å². The lowest BCUT2D eigenvalue weighted by atomic mass is 10.1. The van der Waals surface area contributed by atoms with Gasteiger partial charge in [-0.2, -0.15) is 0 Å². The molecule has 0 aliphatic carbocycles. The molecule has 0 bridgehead atoms. The molecular weight excluding hydrogens is 186 g/mol. The first-order chi connectivity index (χ1) is 7.17. The Balaban J connectivity index is 3.19. The number of nitrogens with two attached hydrogens (primary N) is 1. The summed E-state index contributed by atoms with van der Waals surface area (Å²) in [6.45, 7) is 6.09. The Morgan fingerprint density at radius 3 is 2.67 bits per heavy atom. The fourth-order valence-corrected chi connectivity index (χ4v) is 1.36. The number of nitrogens with zero attached hydrogens (tertiary/aromatic N) is 2. The molecule has 0 unspecified atom stereocenters. The zero-order chi connectivity index (χ0) is 11.3. The summed E-state index contributed by atoms with van der Waals surface area (Å²) in [6.07, 6.45) is 2.27. The van der Waals surface area contributed by atoms with Crippen LogP contribution in [0.25, 0.3) is 0 Å². The minimum atomic E-state index is 0.842. The molecular formula is C12H17N3. The predicted octanol–water partition coefficient (Wildman–Crippen LogP) is 2.98. The first-order valence-corrected chi connectivity index (χ1v) is 5.06. The van der Waals surface area contributed by atoms with Crippen LogP contribution in [0.2, 0.25) is 0 Å². The molecule has 0 spiro atoms. The second-order valence-corrected chi connectivity index (χ2v) is 3.50. The van der Waals surface area contributed by atoms with Gasteiger partial charge >= 0.3 is 0 Å². The Kier molecular flexibility index (Phi) is 4.03. The molecule has 1 aromatic rings. The molecule has 80 valence electrons. The summed E-state index contributed by atoms with van der Waals surface area (Å²) in [5.74, 6) is 0. The van der Waals surface area contributed by atoms with Gasteiger partial charge < -0.3 is 5.73 Å². The highest BCUT2D eigenvalue weighted by Crippen LogP contribution is 2.26. The van der Waals surface area contributed by atoms with Crippen LogP contribution in [0, 0.1) is 0 Å². The fraction of sp³-hybridized carbons (Fsp3) is 0.333. The van der Waals surface area contributed by atoms with Gasteiger partial charge in [0, 0.05) is 5.71 Å². The smallest absolute Gasteiger partial charge is 0.0860 e. The second kappa shape index (κ2) is 5.29. The van der Waals surface area contributed by atoms with E-state index in [1.165, 1.54) is 11.9 Å². The van der Waals surface area contributed by atoms with Gasteiger partial charge in [-0.05, 0) is 38.0 Å². The molecule has 0 aromatic heterocycles. The van der Waals surface area contributed by atoms with Crippen molar-refractivity contribution in [1.82, 2.24) is 0 Å². The first kappa shape index (κ1) is 11.4. The molecule has 0 aliphatic heterocycles. The van der Waals surface area contributed by atoms with Crippen molar-refractivity contribution in [2.24, 2.45) is 15.7 Å². The third kappa shape index (κ3) is 3.20. The molecule has 1 aromatic carbocycles. The summed E-state index contributed by atoms with van der Waals surface area (Å²) in [6, 6.07) is 5.95. The van der Waals surface area contributed by atoms with Crippen LogP contribution in [0.15, 0.2) is 28.2 Å². The molecule has 0 amide bonds. The average Bonchev–Trinajstić information content (AvgIpc) is 2.18. The predicted molar refractivity (Wildman–Crippen MR) is 66.6 cm³/mol. The largest absolute Gasteiger partial charge is 0.390 e. The molecule has 3 nitrogen and oxygen atoms in total. The van der Waals surface area contributed by atoms with Crippen LogP contribution in [-0.4, -0.2) is 12.1 Å². The number of rotatable bonds is 3. The lowest BCUT2D eigenvalue weighted by molar-refractivity contribution is 1.13. The molecule has 2 N–H and O–H groups in total. The van der Waals surface area contributed by atoms with Crippen molar-refractivity contribution in [2.45, 2.75) is 27.2 Å². The van der Waals surface area contributed by atoms with E-state index in [9.17, 15) is 0 Å². The standard InChI is InChI=1S/C12H17N3/c1-4-10-5-6-11(14-8-13)7-12(10)15-9(2)3/h5-8H,4H2,1-3H3,(H2,13,14). The summed E-state index contributed by atoms with van der Waals surface area (Å²) < 4.78 is 0. The van der Waals surface area contributed by atoms with E-state index in [1.54, 1.807) is 0 Å². The summed E-state index contributed by atoms with van der Waals surface area (Å²) in [4.78, 5) is 8.51. The molecule has 3 heteroatoms. The molecule has 0 fully saturated rings. The SMILES string of the molecule is CCc1ccc(N=CN)cc1N=C(C)C. The molecule has 0 radical (unpaired) electrons. The van der Waals surface area contributed by atoms with Crippen LogP contribution in [0.3, 0.4) is 0 Å². The average molecular weight is 203 g/mol. The molecule has 0 aliphatic rings. The van der Waals surface area contributed by atoms with Gasteiger partial charge in [-0.25, -0.2) is 4.99 Å². The molecule has 0 atom stereocenters. The maximum absolute atomic E-state index is 5.25. The highest BCUT2D eigenvalue weighted by atomic mass is 14.8. The van der Waals surface area contributed by atoms with Crippen molar-refractivity contribution in [3.8, 4) is 0 Å². The maximum atomic E-state index is 5.25. The van der Waals surface area contributed by atoms with Gasteiger partial charge in [0.15, 0.2) is 0 Å². The van der Waals surface area contributed by atoms with E-state index < -0.39 is 0 Å². The van der Waals surface area contributed by atoms with Crippen LogP contribution in [0.5, 0.6) is 0 Å². The Morgan fingerprint density at radius 2 is 2.13 bits per heavy atom. The van der Waals surface area contributed by atoms with Gasteiger partial charge in [-0.1, -0.05) is 13.0 Å². The van der Waals surface area contributed by atoms with Crippen LogP contribution >= 0.6 is 0 Å². The van der Waals surface area contributed by atoms with E-state index in [0.29, 0.717) is 0 Å². The molecule has 15 heavy (non-hydrogen) atoms. The summed E-state index contributed by atoms with van der Waals surface area (Å²) >= 11 is 0. The Morgan fingerprint density at radius 1 is 1.40 bits per heavy atom. The van der Waals surface area contributed by atoms with Gasteiger partial charge in [-0.3, -0.25) is 4.99 Å². The third-order valence-electron chi connectivity index (χ3n) is 2.02. The van der Waals surface area contributed by atoms with Crippen molar-refractivity contribution in [3.05, 3.63) is 23.8 Å². The maximum Gasteiger partial charge on any atom is 0.0860 e. The van der Waals surface area contributed by atoms with Crippen molar-refractivity contribution in [2.75, 3.05) is 0 Å². The minimum Gasteiger partial charge on any atom is -0.390 e. The van der Waals surface area contributed by atoms with Gasteiger partial charge in [0.2, 0.25) is 0 Å². The van der Waals surface area contributed by atoms with Gasteiger partial charge in [-0.15, -0.1) is 0 Å². The molecule has 1 rings (SSSR count). The van der Waals surface area contributed by atoms with Gasteiger partial charge in [0.25, 0.3) is 0 Å². The molecule has 0 saturated carbocycles. The number of benzene rings is 1. The normalized spacial score (nSPS) is 10.6. The van der Waals surface area contributed by atoms with E-state index in [0.717, 1.165) is 23.5 Å². The quantitative estimate of drug-likeness (QED) is 0.596. The third-order valence-corrected chi connectivity index (χ3v) is 2.02. The summed E-state index contributed by atoms with van der Waals surface area (Å²) in [7, 11) is 0. The minimum absolute atomic E-state index is 0.842. The van der Waals surface area contributed by atoms with E-state index >= 15 is 0 Å². The van der Waals surface area contributed by atoms with Gasteiger partial charge in [0.1, 0.15) is 0 Å². The topological polar surface area (TPSA) is 50.7 Å². The van der Waals surface area contributed by atoms with Crippen molar-refractivity contribution >= 4 is 23.4 Å². The zero-order valence-corrected chi connectivity index (χ0v) is 9.49. The van der Waals surface area contributed by atoms with Crippen molar-refractivity contribution in [3.63, 3.8) is 0 Å². The van der Waals surface area contributed by atoms with E-state index in [2.05, 4.69) is 16.9 Å². The Labute approximate surface area is 90.8 Å². The molecule has 0 heterocycles. The van der Waals surface area contributed by atoms with E-state index in [1.807, 2.05) is 32.0 Å². The van der Waals surface area contributed by atoms with E-state index in [4.69, 9.17) is 5.73 Å². The van der Waals surface area contributed by atoms with E-state index in [-0.39, 0.29) is 0 Å². The number of aliphatic imine (C=N–C) groups is 2. The number of hydrogen-bond donors (Lipinski definition) is 1. The lowest BCUT2D eigenvalue weighted by Gasteiger charge is -2.04. The van der Waals surface area contributed by atoms with Crippen molar-refractivity contribution in [1.29, 1.82) is 0 Å². The van der Waals surface area contributed by atoms with Crippen molar-refractivity contribution < 1.29 is 0 Å². The Bertz CT molecular complexity index is 388. The van der Waals surface area contributed by atoms with Crippen LogP contribution < -0.4 is 5.73 Å². The van der Waals surface area contributed by atoms with Crippen LogP contribution in [-0.2, 0) is 6.42 Å². The zero-order valence-electron chi connectivity index (χ0n) is 9.49. The Hall–Kier alpha value is -1.64. The van der Waals surface area contributed by atoms with Crippen LogP contribution in [0.1, 0.15) is 26.3 Å². The summed E-state index contributed by atoms with van der Waals surface area (Å²) in [5.41, 5.74) is 9.35. The fourth-order valence-electron chi connectivity index (χ4n) is 1.36.